The fourth-order valence-corrected chi connectivity index (χ4v) is 1.48. The average molecular weight is 236 g/mol. The van der Waals surface area contributed by atoms with Gasteiger partial charge in [-0.05, 0) is 39.2 Å². The summed E-state index contributed by atoms with van der Waals surface area (Å²) in [6.45, 7) is 1.64. The van der Waals surface area contributed by atoms with Crippen LogP contribution in [0.2, 0.25) is 0 Å². The van der Waals surface area contributed by atoms with Crippen molar-refractivity contribution in [1.29, 1.82) is 0 Å². The molecule has 2 N–H and O–H groups in total. The molecule has 0 aromatic carbocycles. The third-order valence-corrected chi connectivity index (χ3v) is 2.36. The van der Waals surface area contributed by atoms with Crippen LogP contribution in [0.15, 0.2) is 18.3 Å². The van der Waals surface area contributed by atoms with Gasteiger partial charge in [-0.3, -0.25) is 4.79 Å². The van der Waals surface area contributed by atoms with E-state index < -0.39 is 0 Å². The van der Waals surface area contributed by atoms with Crippen LogP contribution in [0, 0.1) is 0 Å². The fraction of sp³-hybridized carbons (Fsp3) is 0.500. The van der Waals surface area contributed by atoms with Crippen LogP contribution in [0.5, 0.6) is 0 Å². The van der Waals surface area contributed by atoms with E-state index in [0.29, 0.717) is 17.9 Å². The summed E-state index contributed by atoms with van der Waals surface area (Å²) in [4.78, 5) is 18.1. The molecule has 5 heteroatoms. The third-order valence-electron chi connectivity index (χ3n) is 2.36. The predicted octanol–water partition coefficient (Wildman–Crippen LogP) is 0.805. The van der Waals surface area contributed by atoms with Crippen LogP contribution in [0.4, 0.5) is 5.82 Å². The van der Waals surface area contributed by atoms with Gasteiger partial charge in [-0.2, -0.15) is 0 Å². The Morgan fingerprint density at radius 3 is 2.88 bits per heavy atom. The lowest BCUT2D eigenvalue weighted by Crippen LogP contribution is -2.27. The Bertz CT molecular complexity index is 365. The molecule has 1 amide bonds. The molecule has 1 heterocycles. The average Bonchev–Trinajstić information content (AvgIpc) is 2.34. The summed E-state index contributed by atoms with van der Waals surface area (Å²) in [5.41, 5.74) is 0.583. The zero-order chi connectivity index (χ0) is 12.7. The molecule has 5 nitrogen and oxygen atoms in total. The number of hydrogen-bond acceptors (Lipinski definition) is 4. The first-order chi connectivity index (χ1) is 8.15. The molecule has 1 rings (SSSR count). The maximum Gasteiger partial charge on any atom is 0.255 e. The molecule has 0 saturated carbocycles. The summed E-state index contributed by atoms with van der Waals surface area (Å²) in [6.07, 6.45) is 2.60. The number of hydrogen-bond donors (Lipinski definition) is 2. The normalized spacial score (nSPS) is 10.4. The number of nitrogens with zero attached hydrogens (tertiary/aromatic N) is 2. The van der Waals surface area contributed by atoms with Gasteiger partial charge in [0.2, 0.25) is 0 Å². The molecule has 0 aliphatic heterocycles. The van der Waals surface area contributed by atoms with Crippen molar-refractivity contribution in [2.24, 2.45) is 0 Å². The van der Waals surface area contributed by atoms with E-state index in [0.717, 1.165) is 13.0 Å². The van der Waals surface area contributed by atoms with Gasteiger partial charge < -0.3 is 15.5 Å². The van der Waals surface area contributed by atoms with Gasteiger partial charge in [0.05, 0.1) is 5.56 Å². The minimum Gasteiger partial charge on any atom is -0.372 e. The van der Waals surface area contributed by atoms with Crippen LogP contribution >= 0.6 is 0 Å². The van der Waals surface area contributed by atoms with Crippen molar-refractivity contribution in [2.45, 2.75) is 6.42 Å². The number of anilines is 1. The molecule has 0 fully saturated rings. The maximum atomic E-state index is 11.9. The Labute approximate surface area is 102 Å². The standard InChI is InChI=1S/C12H20N4O/c1-13-11-10(6-4-7-14-11)12(17)15-8-5-9-16(2)3/h4,6-7H,5,8-9H2,1-3H3,(H,13,14)(H,15,17). The molecule has 0 saturated heterocycles. The molecule has 1 aromatic rings. The smallest absolute Gasteiger partial charge is 0.255 e. The first-order valence-corrected chi connectivity index (χ1v) is 5.71. The van der Waals surface area contributed by atoms with Crippen LogP contribution < -0.4 is 10.6 Å². The first kappa shape index (κ1) is 13.4. The van der Waals surface area contributed by atoms with E-state index in [1.807, 2.05) is 14.1 Å². The quantitative estimate of drug-likeness (QED) is 0.718. The summed E-state index contributed by atoms with van der Waals surface area (Å²) < 4.78 is 0. The number of rotatable bonds is 6. The molecule has 94 valence electrons. The molecule has 0 radical (unpaired) electrons. The summed E-state index contributed by atoms with van der Waals surface area (Å²) in [7, 11) is 5.79. The second-order valence-electron chi connectivity index (χ2n) is 4.06. The van der Waals surface area contributed by atoms with Crippen molar-refractivity contribution < 1.29 is 4.79 Å². The summed E-state index contributed by atoms with van der Waals surface area (Å²) in [5.74, 6) is 0.527. The number of pyridine rings is 1. The highest BCUT2D eigenvalue weighted by Gasteiger charge is 2.09. The number of nitrogens with one attached hydrogen (secondary N) is 2. The molecule has 1 aromatic heterocycles. The van der Waals surface area contributed by atoms with E-state index in [-0.39, 0.29) is 5.91 Å². The number of amides is 1. The maximum absolute atomic E-state index is 11.9. The van der Waals surface area contributed by atoms with Gasteiger partial charge in [0.15, 0.2) is 0 Å². The van der Waals surface area contributed by atoms with E-state index in [2.05, 4.69) is 20.5 Å². The van der Waals surface area contributed by atoms with E-state index in [4.69, 9.17) is 0 Å². The molecule has 0 bridgehead atoms. The van der Waals surface area contributed by atoms with Gasteiger partial charge in [0.25, 0.3) is 5.91 Å². The molecule has 0 aliphatic carbocycles. The zero-order valence-corrected chi connectivity index (χ0v) is 10.7. The largest absolute Gasteiger partial charge is 0.372 e. The molecule has 0 aliphatic rings. The monoisotopic (exact) mass is 236 g/mol. The number of carbonyl (C=O) groups is 1. The number of carbonyl (C=O) groups excluding carboxylic acids is 1. The van der Waals surface area contributed by atoms with E-state index >= 15 is 0 Å². The number of aromatic nitrogens is 1. The Hall–Kier alpha value is -1.62. The molecule has 0 spiro atoms. The molecular formula is C12H20N4O. The minimum absolute atomic E-state index is 0.0822. The Morgan fingerprint density at radius 1 is 1.47 bits per heavy atom. The zero-order valence-electron chi connectivity index (χ0n) is 10.7. The SMILES string of the molecule is CNc1ncccc1C(=O)NCCCN(C)C. The minimum atomic E-state index is -0.0822. The highest BCUT2D eigenvalue weighted by molar-refractivity contribution is 5.98. The van der Waals surface area contributed by atoms with Crippen LogP contribution in [-0.4, -0.2) is 50.0 Å². The van der Waals surface area contributed by atoms with Crippen molar-refractivity contribution in [3.63, 3.8) is 0 Å². The highest BCUT2D eigenvalue weighted by Crippen LogP contribution is 2.09. The van der Waals surface area contributed by atoms with Crippen molar-refractivity contribution in [1.82, 2.24) is 15.2 Å². The predicted molar refractivity (Wildman–Crippen MR) is 69.3 cm³/mol. The fourth-order valence-electron chi connectivity index (χ4n) is 1.48. The third kappa shape index (κ3) is 4.40. The van der Waals surface area contributed by atoms with Gasteiger partial charge in [0, 0.05) is 19.8 Å². The second-order valence-corrected chi connectivity index (χ2v) is 4.06. The van der Waals surface area contributed by atoms with Gasteiger partial charge in [-0.1, -0.05) is 0 Å². The Morgan fingerprint density at radius 2 is 2.24 bits per heavy atom. The summed E-state index contributed by atoms with van der Waals surface area (Å²) >= 11 is 0. The van der Waals surface area contributed by atoms with Gasteiger partial charge >= 0.3 is 0 Å². The lowest BCUT2D eigenvalue weighted by Gasteiger charge is -2.11. The second kappa shape index (κ2) is 6.85. The summed E-state index contributed by atoms with van der Waals surface area (Å²) in [6, 6.07) is 3.52. The topological polar surface area (TPSA) is 57.3 Å². The molecule has 17 heavy (non-hydrogen) atoms. The van der Waals surface area contributed by atoms with Gasteiger partial charge in [-0.15, -0.1) is 0 Å². The molecule has 0 atom stereocenters. The van der Waals surface area contributed by atoms with Gasteiger partial charge in [0.1, 0.15) is 5.82 Å². The van der Waals surface area contributed by atoms with Crippen molar-refractivity contribution in [3.8, 4) is 0 Å². The van der Waals surface area contributed by atoms with E-state index in [1.165, 1.54) is 0 Å². The summed E-state index contributed by atoms with van der Waals surface area (Å²) in [5, 5.41) is 5.79. The van der Waals surface area contributed by atoms with Crippen molar-refractivity contribution in [3.05, 3.63) is 23.9 Å². The van der Waals surface area contributed by atoms with Crippen LogP contribution in [-0.2, 0) is 0 Å². The van der Waals surface area contributed by atoms with Crippen LogP contribution in [0.1, 0.15) is 16.8 Å². The van der Waals surface area contributed by atoms with Crippen LogP contribution in [0.25, 0.3) is 0 Å². The highest BCUT2D eigenvalue weighted by atomic mass is 16.1. The van der Waals surface area contributed by atoms with Crippen LogP contribution in [0.3, 0.4) is 0 Å². The Kier molecular flexibility index (Phi) is 5.42. The molecule has 0 unspecified atom stereocenters. The van der Waals surface area contributed by atoms with Crippen molar-refractivity contribution >= 4 is 11.7 Å². The Balaban J connectivity index is 2.47. The molecular weight excluding hydrogens is 216 g/mol. The lowest BCUT2D eigenvalue weighted by atomic mass is 10.2. The van der Waals surface area contributed by atoms with E-state index in [1.54, 1.807) is 25.4 Å². The van der Waals surface area contributed by atoms with Crippen molar-refractivity contribution in [2.75, 3.05) is 39.5 Å². The van der Waals surface area contributed by atoms with E-state index in [9.17, 15) is 4.79 Å². The van der Waals surface area contributed by atoms with Gasteiger partial charge in [-0.25, -0.2) is 4.98 Å². The lowest BCUT2D eigenvalue weighted by molar-refractivity contribution is 0.0953. The first-order valence-electron chi connectivity index (χ1n) is 5.71.